The topological polar surface area (TPSA) is 63.9 Å². The summed E-state index contributed by atoms with van der Waals surface area (Å²) in [7, 11) is 3.65. The lowest BCUT2D eigenvalue weighted by atomic mass is 10.1. The molecule has 0 spiro atoms. The Hall–Kier alpha value is -2.61. The maximum atomic E-state index is 13.9. The summed E-state index contributed by atoms with van der Waals surface area (Å²) in [6, 6.07) is 6.47. The van der Waals surface area contributed by atoms with Crippen molar-refractivity contribution in [2.24, 2.45) is 12.0 Å². The fraction of sp³-hybridized carbons (Fsp3) is 0.500. The number of para-hydroxylation sites is 1. The average Bonchev–Trinajstić information content (AvgIpc) is 3.15. The number of nitrogens with zero attached hydrogens (tertiary/aromatic N) is 4. The summed E-state index contributed by atoms with van der Waals surface area (Å²) in [5, 5.41) is 7.58. The smallest absolute Gasteiger partial charge is 0.193 e. The molecule has 0 amide bonds. The summed E-state index contributed by atoms with van der Waals surface area (Å²) in [6.45, 7) is 4.61. The molecule has 0 saturated carbocycles. The fourth-order valence-electron chi connectivity index (χ4n) is 3.18. The van der Waals surface area contributed by atoms with Gasteiger partial charge in [-0.2, -0.15) is 5.10 Å². The van der Waals surface area contributed by atoms with Gasteiger partial charge in [-0.05, 0) is 18.6 Å². The third-order valence-corrected chi connectivity index (χ3v) is 4.75. The van der Waals surface area contributed by atoms with Crippen molar-refractivity contribution in [1.29, 1.82) is 0 Å². The number of halogens is 1. The summed E-state index contributed by atoms with van der Waals surface area (Å²) >= 11 is 0. The third kappa shape index (κ3) is 5.01. The number of hydrogen-bond acceptors (Lipinski definition) is 4. The van der Waals surface area contributed by atoms with Gasteiger partial charge in [-0.25, -0.2) is 4.39 Å². The van der Waals surface area contributed by atoms with Gasteiger partial charge in [0.15, 0.2) is 17.5 Å². The molecule has 1 aliphatic heterocycles. The fourth-order valence-corrected chi connectivity index (χ4v) is 3.18. The Morgan fingerprint density at radius 3 is 2.96 bits per heavy atom. The maximum Gasteiger partial charge on any atom is 0.193 e. The van der Waals surface area contributed by atoms with Crippen LogP contribution in [0.1, 0.15) is 25.0 Å². The van der Waals surface area contributed by atoms with E-state index in [2.05, 4.69) is 20.3 Å². The zero-order chi connectivity index (χ0) is 19.9. The van der Waals surface area contributed by atoms with Crippen molar-refractivity contribution in [3.63, 3.8) is 0 Å². The number of ether oxygens (including phenoxy) is 2. The molecule has 0 aliphatic carbocycles. The second kappa shape index (κ2) is 9.54. The molecule has 1 N–H and O–H groups in total. The number of nitrogens with one attached hydrogen (secondary N) is 1. The van der Waals surface area contributed by atoms with Crippen molar-refractivity contribution in [3.05, 3.63) is 48.0 Å². The molecule has 3 rings (SSSR count). The van der Waals surface area contributed by atoms with E-state index in [0.717, 1.165) is 24.5 Å². The maximum absolute atomic E-state index is 13.9. The van der Waals surface area contributed by atoms with Crippen LogP contribution in [0.25, 0.3) is 0 Å². The Kier molecular flexibility index (Phi) is 6.86. The number of hydrogen-bond donors (Lipinski definition) is 1. The van der Waals surface area contributed by atoms with Gasteiger partial charge in [-0.15, -0.1) is 0 Å². The standard InChI is InChI=1S/C20H28FN5O2/c1-4-16(28-18-8-6-5-7-17(18)21)12-23-20(22-2)26-9-10-27-19(14-26)15-11-24-25(3)13-15/h5-8,11,13,16,19H,4,9-10,12,14H2,1-3H3,(H,22,23). The van der Waals surface area contributed by atoms with Gasteiger partial charge >= 0.3 is 0 Å². The minimum Gasteiger partial charge on any atom is -0.486 e. The van der Waals surface area contributed by atoms with Crippen LogP contribution in [0.15, 0.2) is 41.7 Å². The van der Waals surface area contributed by atoms with Gasteiger partial charge in [0.1, 0.15) is 12.2 Å². The van der Waals surface area contributed by atoms with E-state index < -0.39 is 0 Å². The van der Waals surface area contributed by atoms with Gasteiger partial charge in [0.25, 0.3) is 0 Å². The van der Waals surface area contributed by atoms with Crippen molar-refractivity contribution in [1.82, 2.24) is 20.0 Å². The van der Waals surface area contributed by atoms with E-state index >= 15 is 0 Å². The molecule has 1 aromatic carbocycles. The number of aliphatic imine (C=N–C) groups is 1. The lowest BCUT2D eigenvalue weighted by molar-refractivity contribution is -0.00817. The van der Waals surface area contributed by atoms with Gasteiger partial charge in [0.05, 0.1) is 25.9 Å². The Labute approximate surface area is 165 Å². The van der Waals surface area contributed by atoms with Crippen LogP contribution in [0.2, 0.25) is 0 Å². The summed E-state index contributed by atoms with van der Waals surface area (Å²) < 4.78 is 27.3. The van der Waals surface area contributed by atoms with Crippen molar-refractivity contribution in [2.75, 3.05) is 33.3 Å². The molecular formula is C20H28FN5O2. The summed E-state index contributed by atoms with van der Waals surface area (Å²) in [5.41, 5.74) is 1.05. The minimum absolute atomic E-state index is 0.0439. The highest BCUT2D eigenvalue weighted by molar-refractivity contribution is 5.80. The van der Waals surface area contributed by atoms with E-state index in [1.54, 1.807) is 29.9 Å². The van der Waals surface area contributed by atoms with Gasteiger partial charge < -0.3 is 19.7 Å². The van der Waals surface area contributed by atoms with E-state index in [9.17, 15) is 4.39 Å². The Morgan fingerprint density at radius 1 is 1.46 bits per heavy atom. The van der Waals surface area contributed by atoms with Crippen LogP contribution in [0.4, 0.5) is 4.39 Å². The lowest BCUT2D eigenvalue weighted by Gasteiger charge is -2.35. The largest absolute Gasteiger partial charge is 0.486 e. The lowest BCUT2D eigenvalue weighted by Crippen LogP contribution is -2.50. The molecule has 8 heteroatoms. The summed E-state index contributed by atoms with van der Waals surface area (Å²) in [5.74, 6) is 0.708. The summed E-state index contributed by atoms with van der Waals surface area (Å²) in [6.07, 6.45) is 4.35. The van der Waals surface area contributed by atoms with E-state index in [1.165, 1.54) is 6.07 Å². The first-order valence-corrected chi connectivity index (χ1v) is 9.57. The van der Waals surface area contributed by atoms with E-state index in [0.29, 0.717) is 19.7 Å². The number of guanidine groups is 1. The molecule has 2 heterocycles. The normalized spacial score (nSPS) is 18.8. The van der Waals surface area contributed by atoms with Gasteiger partial charge in [0.2, 0.25) is 0 Å². The number of aromatic nitrogens is 2. The number of aryl methyl sites for hydroxylation is 1. The Bertz CT molecular complexity index is 794. The highest BCUT2D eigenvalue weighted by Gasteiger charge is 2.25. The van der Waals surface area contributed by atoms with Crippen LogP contribution < -0.4 is 10.1 Å². The van der Waals surface area contributed by atoms with Crippen molar-refractivity contribution in [3.8, 4) is 5.75 Å². The second-order valence-electron chi connectivity index (χ2n) is 6.76. The van der Waals surface area contributed by atoms with Gasteiger partial charge in [-0.1, -0.05) is 19.1 Å². The molecule has 0 radical (unpaired) electrons. The van der Waals surface area contributed by atoms with E-state index in [4.69, 9.17) is 9.47 Å². The molecule has 1 fully saturated rings. The number of morpholine rings is 1. The first-order chi connectivity index (χ1) is 13.6. The predicted molar refractivity (Wildman–Crippen MR) is 106 cm³/mol. The summed E-state index contributed by atoms with van der Waals surface area (Å²) in [4.78, 5) is 6.57. The predicted octanol–water partition coefficient (Wildman–Crippen LogP) is 2.37. The zero-order valence-corrected chi connectivity index (χ0v) is 16.6. The molecule has 2 unspecified atom stereocenters. The van der Waals surface area contributed by atoms with Crippen LogP contribution in [-0.2, 0) is 11.8 Å². The van der Waals surface area contributed by atoms with Gasteiger partial charge in [0, 0.05) is 32.4 Å². The zero-order valence-electron chi connectivity index (χ0n) is 16.6. The Morgan fingerprint density at radius 2 is 2.29 bits per heavy atom. The van der Waals surface area contributed by atoms with Crippen molar-refractivity contribution < 1.29 is 13.9 Å². The first-order valence-electron chi connectivity index (χ1n) is 9.57. The van der Waals surface area contributed by atoms with Crippen LogP contribution >= 0.6 is 0 Å². The van der Waals surface area contributed by atoms with E-state index in [1.807, 2.05) is 26.4 Å². The first kappa shape index (κ1) is 20.1. The van der Waals surface area contributed by atoms with Crippen LogP contribution in [0.5, 0.6) is 5.75 Å². The number of rotatable bonds is 6. The van der Waals surface area contributed by atoms with Crippen LogP contribution in [0.3, 0.4) is 0 Å². The number of benzene rings is 1. The third-order valence-electron chi connectivity index (χ3n) is 4.75. The molecule has 152 valence electrons. The Balaban J connectivity index is 1.57. The van der Waals surface area contributed by atoms with E-state index in [-0.39, 0.29) is 23.8 Å². The SMILES string of the molecule is CCC(CNC(=NC)N1CCOC(c2cnn(C)c2)C1)Oc1ccccc1F. The highest BCUT2D eigenvalue weighted by atomic mass is 19.1. The van der Waals surface area contributed by atoms with Crippen molar-refractivity contribution >= 4 is 5.96 Å². The highest BCUT2D eigenvalue weighted by Crippen LogP contribution is 2.22. The van der Waals surface area contributed by atoms with Crippen LogP contribution in [-0.4, -0.2) is 60.0 Å². The molecule has 1 aromatic heterocycles. The molecule has 7 nitrogen and oxygen atoms in total. The van der Waals surface area contributed by atoms with Gasteiger partial charge in [-0.3, -0.25) is 9.67 Å². The molecule has 28 heavy (non-hydrogen) atoms. The molecule has 1 saturated heterocycles. The average molecular weight is 389 g/mol. The molecule has 2 aromatic rings. The minimum atomic E-state index is -0.349. The van der Waals surface area contributed by atoms with Crippen LogP contribution in [0, 0.1) is 5.82 Å². The quantitative estimate of drug-likeness (QED) is 0.607. The van der Waals surface area contributed by atoms with Crippen molar-refractivity contribution in [2.45, 2.75) is 25.6 Å². The molecule has 2 atom stereocenters. The molecule has 1 aliphatic rings. The molecule has 0 bridgehead atoms. The monoisotopic (exact) mass is 389 g/mol. The second-order valence-corrected chi connectivity index (χ2v) is 6.76. The molecular weight excluding hydrogens is 361 g/mol.